The van der Waals surface area contributed by atoms with E-state index in [-0.39, 0.29) is 23.7 Å². The molecule has 4 atom stereocenters. The third-order valence-corrected chi connectivity index (χ3v) is 7.96. The average Bonchev–Trinajstić information content (AvgIpc) is 3.35. The van der Waals surface area contributed by atoms with Gasteiger partial charge in [-0.05, 0) is 61.6 Å². The number of rotatable bonds is 5. The number of carbonyl (C=O) groups is 3. The predicted octanol–water partition coefficient (Wildman–Crippen LogP) is 4.34. The molecule has 1 aromatic heterocycles. The molecule has 1 saturated carbocycles. The summed E-state index contributed by atoms with van der Waals surface area (Å²) in [6.45, 7) is 0. The van der Waals surface area contributed by atoms with Crippen LogP contribution in [-0.2, 0) is 22.4 Å². The molecule has 0 aliphatic heterocycles. The minimum absolute atomic E-state index is 0.0699. The number of hydrogen-bond acceptors (Lipinski definition) is 4. The van der Waals surface area contributed by atoms with Crippen molar-refractivity contribution in [2.24, 2.45) is 23.7 Å². The number of anilines is 2. The standard InChI is InChI=1S/C24H24N2O4S/c27-21(18-13-9-11-14(12-10-13)19(18)24(29)30)26-23-20(16-7-4-8-17(16)31-23)22(28)25-15-5-2-1-3-6-15/h1-3,5-6,9,11,13-14,18-19H,4,7-8,10,12H2,(H,25,28)(H,26,27)(H,29,30)/t13-,14+,18-,19+/m1/s1. The maximum atomic E-state index is 13.3. The number of carbonyl (C=O) groups excluding carboxylic acids is 2. The first-order chi connectivity index (χ1) is 15.0. The van der Waals surface area contributed by atoms with E-state index in [0.717, 1.165) is 42.5 Å². The molecule has 31 heavy (non-hydrogen) atoms. The second-order valence-electron chi connectivity index (χ2n) is 8.55. The minimum atomic E-state index is -0.921. The summed E-state index contributed by atoms with van der Waals surface area (Å²) in [5.41, 5.74) is 2.23. The van der Waals surface area contributed by atoms with Gasteiger partial charge < -0.3 is 15.7 Å². The molecule has 6 rings (SSSR count). The molecule has 0 spiro atoms. The Morgan fingerprint density at radius 3 is 2.32 bits per heavy atom. The van der Waals surface area contributed by atoms with Crippen molar-refractivity contribution in [2.75, 3.05) is 10.6 Å². The molecule has 160 valence electrons. The van der Waals surface area contributed by atoms with Crippen molar-refractivity contribution in [1.29, 1.82) is 0 Å². The molecule has 2 bridgehead atoms. The van der Waals surface area contributed by atoms with Crippen LogP contribution in [0.3, 0.4) is 0 Å². The van der Waals surface area contributed by atoms with Crippen LogP contribution in [0.4, 0.5) is 10.7 Å². The van der Waals surface area contributed by atoms with E-state index in [0.29, 0.717) is 16.3 Å². The molecule has 4 aliphatic rings. The Morgan fingerprint density at radius 2 is 1.65 bits per heavy atom. The normalized spacial score (nSPS) is 25.8. The Labute approximate surface area is 184 Å². The van der Waals surface area contributed by atoms with Crippen LogP contribution in [-0.4, -0.2) is 22.9 Å². The molecule has 4 aliphatic carbocycles. The average molecular weight is 437 g/mol. The highest BCUT2D eigenvalue weighted by molar-refractivity contribution is 7.17. The summed E-state index contributed by atoms with van der Waals surface area (Å²) in [4.78, 5) is 39.5. The van der Waals surface area contributed by atoms with Gasteiger partial charge in [-0.25, -0.2) is 0 Å². The highest BCUT2D eigenvalue weighted by Gasteiger charge is 2.48. The summed E-state index contributed by atoms with van der Waals surface area (Å²) in [6, 6.07) is 9.24. The quantitative estimate of drug-likeness (QED) is 0.608. The molecule has 7 heteroatoms. The van der Waals surface area contributed by atoms with Crippen molar-refractivity contribution in [3.05, 3.63) is 58.5 Å². The van der Waals surface area contributed by atoms with Gasteiger partial charge in [0, 0.05) is 10.6 Å². The highest BCUT2D eigenvalue weighted by Crippen LogP contribution is 2.46. The second-order valence-corrected chi connectivity index (χ2v) is 9.66. The molecule has 1 aromatic carbocycles. The SMILES string of the molecule is O=C(Nc1ccccc1)c1c(NC(=O)[C@H]2[C@@H](C(=O)O)[C@H]3C=C[C@@H]2CC3)sc2c1CCC2. The van der Waals surface area contributed by atoms with Gasteiger partial charge in [-0.15, -0.1) is 11.3 Å². The Hall–Kier alpha value is -2.93. The van der Waals surface area contributed by atoms with Crippen molar-refractivity contribution in [3.63, 3.8) is 0 Å². The first-order valence-electron chi connectivity index (χ1n) is 10.8. The van der Waals surface area contributed by atoms with E-state index in [9.17, 15) is 19.5 Å². The summed E-state index contributed by atoms with van der Waals surface area (Å²) >= 11 is 1.45. The first kappa shape index (κ1) is 20.0. The molecule has 2 amide bonds. The largest absolute Gasteiger partial charge is 0.481 e. The van der Waals surface area contributed by atoms with E-state index < -0.39 is 17.8 Å². The number of allylic oxidation sites excluding steroid dienone is 2. The fraction of sp³-hybridized carbons (Fsp3) is 0.375. The van der Waals surface area contributed by atoms with E-state index in [1.165, 1.54) is 11.3 Å². The molecule has 0 unspecified atom stereocenters. The van der Waals surface area contributed by atoms with E-state index in [1.807, 2.05) is 42.5 Å². The van der Waals surface area contributed by atoms with Gasteiger partial charge in [-0.3, -0.25) is 14.4 Å². The lowest BCUT2D eigenvalue weighted by Crippen LogP contribution is -2.47. The van der Waals surface area contributed by atoms with Crippen LogP contribution in [0.15, 0.2) is 42.5 Å². The van der Waals surface area contributed by atoms with Crippen LogP contribution in [0.2, 0.25) is 0 Å². The highest BCUT2D eigenvalue weighted by atomic mass is 32.1. The minimum Gasteiger partial charge on any atom is -0.481 e. The number of aryl methyl sites for hydroxylation is 1. The number of hydrogen-bond donors (Lipinski definition) is 3. The lowest BCUT2D eigenvalue weighted by atomic mass is 9.62. The number of thiophene rings is 1. The second kappa shape index (κ2) is 7.96. The Kier molecular flexibility index (Phi) is 5.14. The summed E-state index contributed by atoms with van der Waals surface area (Å²) in [5.74, 6) is -2.94. The van der Waals surface area contributed by atoms with E-state index in [4.69, 9.17) is 0 Å². The topological polar surface area (TPSA) is 95.5 Å². The lowest BCUT2D eigenvalue weighted by Gasteiger charge is -2.41. The fourth-order valence-corrected chi connectivity index (χ4v) is 6.62. The Bertz CT molecular complexity index is 1070. The van der Waals surface area contributed by atoms with Gasteiger partial charge in [0.25, 0.3) is 5.91 Å². The third-order valence-electron chi connectivity index (χ3n) is 6.75. The number of aliphatic carboxylic acids is 1. The molecule has 0 saturated heterocycles. The van der Waals surface area contributed by atoms with Gasteiger partial charge in [-0.2, -0.15) is 0 Å². The number of benzene rings is 1. The molecule has 0 radical (unpaired) electrons. The zero-order valence-electron chi connectivity index (χ0n) is 17.0. The Morgan fingerprint density at radius 1 is 0.935 bits per heavy atom. The Balaban J connectivity index is 1.43. The van der Waals surface area contributed by atoms with Crippen LogP contribution in [0.1, 0.15) is 40.1 Å². The number of fused-ring (bicyclic) bond motifs is 3. The maximum absolute atomic E-state index is 13.3. The zero-order chi connectivity index (χ0) is 21.5. The van der Waals surface area contributed by atoms with Crippen molar-refractivity contribution in [3.8, 4) is 0 Å². The molecular formula is C24H24N2O4S. The van der Waals surface area contributed by atoms with Gasteiger partial charge >= 0.3 is 5.97 Å². The van der Waals surface area contributed by atoms with Crippen LogP contribution in [0.5, 0.6) is 0 Å². The molecule has 2 aromatic rings. The van der Waals surface area contributed by atoms with Crippen LogP contribution in [0, 0.1) is 23.7 Å². The number of amides is 2. The van der Waals surface area contributed by atoms with E-state index in [1.54, 1.807) is 0 Å². The van der Waals surface area contributed by atoms with Crippen molar-refractivity contribution < 1.29 is 19.5 Å². The number of para-hydroxylation sites is 1. The summed E-state index contributed by atoms with van der Waals surface area (Å²) in [6.07, 6.45) is 8.29. The third kappa shape index (κ3) is 3.57. The summed E-state index contributed by atoms with van der Waals surface area (Å²) in [5, 5.41) is 16.2. The van der Waals surface area contributed by atoms with Gasteiger partial charge in [0.2, 0.25) is 5.91 Å². The van der Waals surface area contributed by atoms with Crippen LogP contribution >= 0.6 is 11.3 Å². The summed E-state index contributed by atoms with van der Waals surface area (Å²) < 4.78 is 0. The monoisotopic (exact) mass is 436 g/mol. The van der Waals surface area contributed by atoms with Gasteiger partial charge in [0.05, 0.1) is 17.4 Å². The van der Waals surface area contributed by atoms with Crippen molar-refractivity contribution in [2.45, 2.75) is 32.1 Å². The molecule has 1 fully saturated rings. The molecule has 1 heterocycles. The van der Waals surface area contributed by atoms with Gasteiger partial charge in [0.15, 0.2) is 0 Å². The first-order valence-corrected chi connectivity index (χ1v) is 11.6. The van der Waals surface area contributed by atoms with Gasteiger partial charge in [-0.1, -0.05) is 30.4 Å². The van der Waals surface area contributed by atoms with Crippen LogP contribution < -0.4 is 10.6 Å². The number of carboxylic acids is 1. The number of nitrogens with one attached hydrogen (secondary N) is 2. The van der Waals surface area contributed by atoms with E-state index >= 15 is 0 Å². The molecular weight excluding hydrogens is 412 g/mol. The summed E-state index contributed by atoms with van der Waals surface area (Å²) in [7, 11) is 0. The van der Waals surface area contributed by atoms with Crippen LogP contribution in [0.25, 0.3) is 0 Å². The van der Waals surface area contributed by atoms with E-state index in [2.05, 4.69) is 10.6 Å². The van der Waals surface area contributed by atoms with Crippen molar-refractivity contribution in [1.82, 2.24) is 0 Å². The smallest absolute Gasteiger partial charge is 0.307 e. The lowest BCUT2D eigenvalue weighted by molar-refractivity contribution is -0.151. The zero-order valence-corrected chi connectivity index (χ0v) is 17.8. The predicted molar refractivity (Wildman–Crippen MR) is 119 cm³/mol. The molecule has 3 N–H and O–H groups in total. The van der Waals surface area contributed by atoms with Crippen molar-refractivity contribution >= 4 is 39.8 Å². The maximum Gasteiger partial charge on any atom is 0.307 e. The number of carboxylic acid groups (broad SMARTS) is 1. The fourth-order valence-electron chi connectivity index (χ4n) is 5.33. The molecule has 6 nitrogen and oxygen atoms in total. The van der Waals surface area contributed by atoms with Gasteiger partial charge in [0.1, 0.15) is 5.00 Å².